The van der Waals surface area contributed by atoms with E-state index in [1.54, 1.807) is 0 Å². The van der Waals surface area contributed by atoms with E-state index in [4.69, 9.17) is 14.6 Å². The summed E-state index contributed by atoms with van der Waals surface area (Å²) in [5.41, 5.74) is 0. The van der Waals surface area contributed by atoms with Crippen molar-refractivity contribution in [2.45, 2.75) is 44.6 Å². The van der Waals surface area contributed by atoms with E-state index in [9.17, 15) is 4.79 Å². The van der Waals surface area contributed by atoms with E-state index < -0.39 is 14.0 Å². The second-order valence-electron chi connectivity index (χ2n) is 6.37. The average molecular weight is 289 g/mol. The van der Waals surface area contributed by atoms with E-state index in [0.717, 1.165) is 38.6 Å². The Balaban J connectivity index is 2.02. The van der Waals surface area contributed by atoms with Crippen molar-refractivity contribution in [1.82, 2.24) is 4.90 Å². The molecule has 0 saturated carbocycles. The highest BCUT2D eigenvalue weighted by Gasteiger charge is 2.21. The minimum absolute atomic E-state index is 0.138. The molecule has 0 radical (unpaired) electrons. The van der Waals surface area contributed by atoms with Gasteiger partial charge in [0, 0.05) is 27.8 Å². The number of hydrogen-bond acceptors (Lipinski definition) is 4. The number of carbonyl (C=O) groups is 1. The molecule has 0 amide bonds. The molecule has 1 saturated heterocycles. The summed E-state index contributed by atoms with van der Waals surface area (Å²) in [7, 11) is -1.01. The molecule has 0 aromatic carbocycles. The Morgan fingerprint density at radius 3 is 2.47 bits per heavy atom. The quantitative estimate of drug-likeness (QED) is 0.420. The number of likely N-dealkylation sites (tertiary alicyclic amines) is 1. The van der Waals surface area contributed by atoms with Crippen molar-refractivity contribution in [2.75, 3.05) is 33.0 Å². The van der Waals surface area contributed by atoms with Gasteiger partial charge in [-0.3, -0.25) is 9.69 Å². The van der Waals surface area contributed by atoms with E-state index >= 15 is 0 Å². The van der Waals surface area contributed by atoms with Crippen molar-refractivity contribution in [2.24, 2.45) is 0 Å². The molecule has 112 valence electrons. The summed E-state index contributed by atoms with van der Waals surface area (Å²) >= 11 is 0. The van der Waals surface area contributed by atoms with Gasteiger partial charge in [0.1, 0.15) is 6.79 Å². The van der Waals surface area contributed by atoms with E-state index in [1.165, 1.54) is 0 Å². The van der Waals surface area contributed by atoms with Gasteiger partial charge in [0.15, 0.2) is 0 Å². The average Bonchev–Trinajstić information content (AvgIpc) is 2.28. The Kier molecular flexibility index (Phi) is 6.99. The van der Waals surface area contributed by atoms with Crippen LogP contribution < -0.4 is 0 Å². The third kappa shape index (κ3) is 8.36. The van der Waals surface area contributed by atoms with E-state index in [-0.39, 0.29) is 12.6 Å². The van der Waals surface area contributed by atoms with Crippen LogP contribution in [0, 0.1) is 0 Å². The number of piperidine rings is 1. The molecule has 19 heavy (non-hydrogen) atoms. The first-order valence-electron chi connectivity index (χ1n) is 7.00. The molecular formula is C13H27NO4Si. The van der Waals surface area contributed by atoms with Gasteiger partial charge in [-0.15, -0.1) is 0 Å². The third-order valence-corrected chi connectivity index (χ3v) is 4.98. The van der Waals surface area contributed by atoms with Crippen molar-refractivity contribution in [1.29, 1.82) is 0 Å². The molecule has 1 N–H and O–H groups in total. The van der Waals surface area contributed by atoms with E-state index in [2.05, 4.69) is 19.6 Å². The largest absolute Gasteiger partial charge is 0.480 e. The Morgan fingerprint density at radius 1 is 1.32 bits per heavy atom. The smallest absolute Gasteiger partial charge is 0.317 e. The van der Waals surface area contributed by atoms with Crippen molar-refractivity contribution >= 4 is 14.0 Å². The molecule has 6 heteroatoms. The highest BCUT2D eigenvalue weighted by molar-refractivity contribution is 6.76. The molecule has 1 heterocycles. The van der Waals surface area contributed by atoms with Crippen LogP contribution in [-0.4, -0.2) is 63.2 Å². The van der Waals surface area contributed by atoms with Gasteiger partial charge in [0.2, 0.25) is 0 Å². The van der Waals surface area contributed by atoms with Crippen LogP contribution in [0.2, 0.25) is 25.7 Å². The molecule has 0 aromatic heterocycles. The molecular weight excluding hydrogens is 262 g/mol. The highest BCUT2D eigenvalue weighted by atomic mass is 28.3. The zero-order valence-electron chi connectivity index (χ0n) is 12.4. The lowest BCUT2D eigenvalue weighted by Gasteiger charge is -2.30. The van der Waals surface area contributed by atoms with Gasteiger partial charge in [0.25, 0.3) is 0 Å². The Labute approximate surface area is 116 Å². The van der Waals surface area contributed by atoms with Gasteiger partial charge < -0.3 is 14.6 Å². The van der Waals surface area contributed by atoms with Gasteiger partial charge in [-0.25, -0.2) is 0 Å². The minimum atomic E-state index is -1.01. The predicted molar refractivity (Wildman–Crippen MR) is 77.2 cm³/mol. The second kappa shape index (κ2) is 7.99. The number of hydrogen-bond donors (Lipinski definition) is 1. The molecule has 0 atom stereocenters. The Bertz CT molecular complexity index is 272. The molecule has 1 fully saturated rings. The van der Waals surface area contributed by atoms with Crippen LogP contribution in [0.15, 0.2) is 0 Å². The Hall–Kier alpha value is -0.433. The molecule has 0 aliphatic carbocycles. The van der Waals surface area contributed by atoms with Gasteiger partial charge >= 0.3 is 5.97 Å². The summed E-state index contributed by atoms with van der Waals surface area (Å²) in [5.74, 6) is -0.756. The van der Waals surface area contributed by atoms with Crippen LogP contribution in [-0.2, 0) is 14.3 Å². The number of rotatable bonds is 8. The van der Waals surface area contributed by atoms with Gasteiger partial charge in [-0.1, -0.05) is 19.6 Å². The number of aliphatic carboxylic acids is 1. The number of ether oxygens (including phenoxy) is 2. The topological polar surface area (TPSA) is 59.0 Å². The number of carboxylic acids is 1. The van der Waals surface area contributed by atoms with E-state index in [1.807, 2.05) is 4.90 Å². The van der Waals surface area contributed by atoms with Gasteiger partial charge in [0.05, 0.1) is 12.6 Å². The summed E-state index contributed by atoms with van der Waals surface area (Å²) in [6.07, 6.45) is 2.01. The summed E-state index contributed by atoms with van der Waals surface area (Å²) in [6, 6.07) is 1.16. The molecule has 1 aliphatic heterocycles. The van der Waals surface area contributed by atoms with Crippen molar-refractivity contribution in [3.8, 4) is 0 Å². The lowest BCUT2D eigenvalue weighted by Crippen LogP contribution is -2.40. The van der Waals surface area contributed by atoms with Crippen molar-refractivity contribution in [3.63, 3.8) is 0 Å². The van der Waals surface area contributed by atoms with Crippen molar-refractivity contribution in [3.05, 3.63) is 0 Å². The molecule has 0 spiro atoms. The lowest BCUT2D eigenvalue weighted by atomic mass is 10.1. The van der Waals surface area contributed by atoms with Crippen LogP contribution in [0.5, 0.6) is 0 Å². The van der Waals surface area contributed by atoms with Crippen LogP contribution in [0.4, 0.5) is 0 Å². The second-order valence-corrected chi connectivity index (χ2v) is 12.0. The normalized spacial score (nSPS) is 18.7. The van der Waals surface area contributed by atoms with Crippen LogP contribution >= 0.6 is 0 Å². The Morgan fingerprint density at radius 2 is 1.95 bits per heavy atom. The fraction of sp³-hybridized carbons (Fsp3) is 0.923. The summed E-state index contributed by atoms with van der Waals surface area (Å²) in [6.45, 7) is 9.87. The maximum absolute atomic E-state index is 10.6. The lowest BCUT2D eigenvalue weighted by molar-refractivity contribution is -0.140. The van der Waals surface area contributed by atoms with Gasteiger partial charge in [-0.05, 0) is 18.9 Å². The molecule has 0 unspecified atom stereocenters. The molecule has 5 nitrogen and oxygen atoms in total. The summed E-state index contributed by atoms with van der Waals surface area (Å²) in [5, 5.41) is 8.71. The standard InChI is InChI=1S/C13H27NO4Si/c1-19(2,3)9-8-17-11-18-12-4-6-14(7-5-12)10-13(15)16/h12H,4-11H2,1-3H3,(H,15,16). The number of nitrogens with zero attached hydrogens (tertiary/aromatic N) is 1. The first-order chi connectivity index (χ1) is 8.87. The number of carboxylic acid groups (broad SMARTS) is 1. The van der Waals surface area contributed by atoms with Gasteiger partial charge in [-0.2, -0.15) is 0 Å². The van der Waals surface area contributed by atoms with Crippen LogP contribution in [0.1, 0.15) is 12.8 Å². The third-order valence-electron chi connectivity index (χ3n) is 3.28. The molecule has 1 rings (SSSR count). The first-order valence-corrected chi connectivity index (χ1v) is 10.7. The van der Waals surface area contributed by atoms with Crippen LogP contribution in [0.3, 0.4) is 0 Å². The zero-order valence-corrected chi connectivity index (χ0v) is 13.4. The molecule has 0 bridgehead atoms. The molecule has 1 aliphatic rings. The fourth-order valence-corrected chi connectivity index (χ4v) is 2.76. The minimum Gasteiger partial charge on any atom is -0.480 e. The maximum atomic E-state index is 10.6. The predicted octanol–water partition coefficient (Wildman–Crippen LogP) is 1.86. The fourth-order valence-electron chi connectivity index (χ4n) is 2.01. The monoisotopic (exact) mass is 289 g/mol. The van der Waals surface area contributed by atoms with E-state index in [0.29, 0.717) is 6.79 Å². The zero-order chi connectivity index (χ0) is 14.3. The highest BCUT2D eigenvalue weighted by Crippen LogP contribution is 2.13. The van der Waals surface area contributed by atoms with Crippen molar-refractivity contribution < 1.29 is 19.4 Å². The summed E-state index contributed by atoms with van der Waals surface area (Å²) in [4.78, 5) is 12.5. The molecule has 0 aromatic rings. The van der Waals surface area contributed by atoms with Crippen LogP contribution in [0.25, 0.3) is 0 Å². The summed E-state index contributed by atoms with van der Waals surface area (Å²) < 4.78 is 11.2. The SMILES string of the molecule is C[Si](C)(C)CCOCOC1CCN(CC(=O)O)CC1. The first kappa shape index (κ1) is 16.6. The maximum Gasteiger partial charge on any atom is 0.317 e.